The molecule has 0 saturated heterocycles. The lowest BCUT2D eigenvalue weighted by molar-refractivity contribution is 0.478. The molecule has 0 N–H and O–H groups in total. The summed E-state index contributed by atoms with van der Waals surface area (Å²) >= 11 is 3.43. The van der Waals surface area contributed by atoms with Crippen molar-refractivity contribution in [2.75, 3.05) is 11.5 Å². The van der Waals surface area contributed by atoms with Gasteiger partial charge in [0.25, 0.3) is 0 Å². The minimum Gasteiger partial charge on any atom is -0.467 e. The van der Waals surface area contributed by atoms with Gasteiger partial charge < -0.3 is 4.42 Å². The first-order valence-corrected chi connectivity index (χ1v) is 10.2. The van der Waals surface area contributed by atoms with Gasteiger partial charge in [0.2, 0.25) is 0 Å². The van der Waals surface area contributed by atoms with E-state index >= 15 is 0 Å². The monoisotopic (exact) mass is 375 g/mol. The van der Waals surface area contributed by atoms with Gasteiger partial charge in [-0.2, -0.15) is 0 Å². The average molecular weight is 375 g/mol. The third kappa shape index (κ3) is 4.27. The molecule has 0 radical (unpaired) electrons. The lowest BCUT2D eigenvalue weighted by atomic mass is 10.3. The molecule has 1 saturated carbocycles. The van der Waals surface area contributed by atoms with Crippen LogP contribution in [0.5, 0.6) is 0 Å². The smallest absolute Gasteiger partial charge is 0.191 e. The molecular formula is C18H18FN3OS2. The van der Waals surface area contributed by atoms with Gasteiger partial charge in [0.15, 0.2) is 5.16 Å². The second-order valence-corrected chi connectivity index (χ2v) is 8.16. The number of benzene rings is 1. The highest BCUT2D eigenvalue weighted by Crippen LogP contribution is 2.40. The molecule has 2 aromatic heterocycles. The lowest BCUT2D eigenvalue weighted by Crippen LogP contribution is -2.05. The van der Waals surface area contributed by atoms with Crippen molar-refractivity contribution in [3.63, 3.8) is 0 Å². The largest absolute Gasteiger partial charge is 0.467 e. The number of rotatable bonds is 8. The number of aromatic nitrogens is 3. The Kier molecular flexibility index (Phi) is 5.12. The topological polar surface area (TPSA) is 43.9 Å². The summed E-state index contributed by atoms with van der Waals surface area (Å²) in [5.74, 6) is 4.20. The molecule has 1 aliphatic carbocycles. The van der Waals surface area contributed by atoms with Crippen molar-refractivity contribution in [3.05, 3.63) is 60.1 Å². The Hall–Kier alpha value is -1.73. The van der Waals surface area contributed by atoms with E-state index in [4.69, 9.17) is 4.42 Å². The van der Waals surface area contributed by atoms with Crippen LogP contribution >= 0.6 is 23.5 Å². The molecule has 0 amide bonds. The molecule has 0 aliphatic heterocycles. The van der Waals surface area contributed by atoms with Gasteiger partial charge in [-0.15, -0.1) is 22.0 Å². The molecule has 3 aromatic rings. The van der Waals surface area contributed by atoms with E-state index in [0.29, 0.717) is 12.5 Å². The van der Waals surface area contributed by atoms with E-state index in [1.54, 1.807) is 29.8 Å². The van der Waals surface area contributed by atoms with E-state index in [1.165, 1.54) is 25.0 Å². The second kappa shape index (κ2) is 7.66. The lowest BCUT2D eigenvalue weighted by Gasteiger charge is -2.08. The molecule has 1 aliphatic rings. The summed E-state index contributed by atoms with van der Waals surface area (Å²) in [5.41, 5.74) is 0. The standard InChI is InChI=1S/C18H18FN3OS2/c19-14-5-7-16(8-6-14)24-10-11-25-18-21-20-17(13-3-4-13)22(18)12-15-2-1-9-23-15/h1-2,5-9,13H,3-4,10-12H2. The van der Waals surface area contributed by atoms with Crippen molar-refractivity contribution in [1.82, 2.24) is 14.8 Å². The summed E-state index contributed by atoms with van der Waals surface area (Å²) < 4.78 is 20.6. The average Bonchev–Trinajstić information content (AvgIpc) is 3.19. The molecule has 4 rings (SSSR count). The zero-order valence-electron chi connectivity index (χ0n) is 13.6. The number of thioether (sulfide) groups is 2. The normalized spacial score (nSPS) is 14.1. The van der Waals surface area contributed by atoms with E-state index in [9.17, 15) is 4.39 Å². The van der Waals surface area contributed by atoms with E-state index in [0.717, 1.165) is 33.1 Å². The van der Waals surface area contributed by atoms with E-state index < -0.39 is 0 Å². The number of nitrogens with zero attached hydrogens (tertiary/aromatic N) is 3. The predicted molar refractivity (Wildman–Crippen MR) is 97.7 cm³/mol. The van der Waals surface area contributed by atoms with Crippen LogP contribution in [-0.4, -0.2) is 26.3 Å². The predicted octanol–water partition coefficient (Wildman–Crippen LogP) is 4.82. The molecule has 0 bridgehead atoms. The maximum Gasteiger partial charge on any atom is 0.191 e. The third-order valence-corrected chi connectivity index (χ3v) is 6.22. The molecule has 1 aromatic carbocycles. The first-order valence-electron chi connectivity index (χ1n) is 8.26. The van der Waals surface area contributed by atoms with Gasteiger partial charge in [0, 0.05) is 22.3 Å². The molecule has 0 atom stereocenters. The Bertz CT molecular complexity index is 813. The highest BCUT2D eigenvalue weighted by molar-refractivity contribution is 8.02. The fraction of sp³-hybridized carbons (Fsp3) is 0.333. The molecule has 4 nitrogen and oxygen atoms in total. The summed E-state index contributed by atoms with van der Waals surface area (Å²) in [6, 6.07) is 10.5. The van der Waals surface area contributed by atoms with Gasteiger partial charge in [-0.25, -0.2) is 4.39 Å². The SMILES string of the molecule is Fc1ccc(SCCSc2nnc(C3CC3)n2Cc2ccco2)cc1. The number of furan rings is 1. The van der Waals surface area contributed by atoms with Crippen LogP contribution in [-0.2, 0) is 6.54 Å². The Balaban J connectivity index is 1.37. The number of hydrogen-bond acceptors (Lipinski definition) is 5. The fourth-order valence-electron chi connectivity index (χ4n) is 2.58. The van der Waals surface area contributed by atoms with Gasteiger partial charge in [0.1, 0.15) is 17.4 Å². The summed E-state index contributed by atoms with van der Waals surface area (Å²) in [6.07, 6.45) is 4.09. The number of halogens is 1. The van der Waals surface area contributed by atoms with E-state index in [2.05, 4.69) is 14.8 Å². The molecule has 7 heteroatoms. The summed E-state index contributed by atoms with van der Waals surface area (Å²) in [7, 11) is 0. The zero-order chi connectivity index (χ0) is 17.1. The molecule has 0 unspecified atom stereocenters. The molecular weight excluding hydrogens is 357 g/mol. The molecule has 130 valence electrons. The highest BCUT2D eigenvalue weighted by Gasteiger charge is 2.30. The van der Waals surface area contributed by atoms with Crippen molar-refractivity contribution >= 4 is 23.5 Å². The maximum absolute atomic E-state index is 12.9. The Labute approximate surface area is 154 Å². The van der Waals surface area contributed by atoms with Crippen molar-refractivity contribution in [1.29, 1.82) is 0 Å². The Morgan fingerprint density at radius 1 is 1.08 bits per heavy atom. The fourth-order valence-corrected chi connectivity index (χ4v) is 4.41. The first-order chi connectivity index (χ1) is 12.3. The van der Waals surface area contributed by atoms with Crippen LogP contribution in [0.4, 0.5) is 4.39 Å². The molecule has 0 spiro atoms. The third-order valence-electron chi connectivity index (χ3n) is 3.98. The first kappa shape index (κ1) is 16.7. The molecule has 25 heavy (non-hydrogen) atoms. The quantitative estimate of drug-likeness (QED) is 0.417. The van der Waals surface area contributed by atoms with E-state index in [-0.39, 0.29) is 5.82 Å². The van der Waals surface area contributed by atoms with Crippen LogP contribution in [0.25, 0.3) is 0 Å². The Morgan fingerprint density at radius 2 is 1.88 bits per heavy atom. The number of hydrogen-bond donors (Lipinski definition) is 0. The Morgan fingerprint density at radius 3 is 2.60 bits per heavy atom. The van der Waals surface area contributed by atoms with Crippen LogP contribution in [0.1, 0.15) is 30.3 Å². The molecule has 1 fully saturated rings. The van der Waals surface area contributed by atoms with Crippen LogP contribution < -0.4 is 0 Å². The van der Waals surface area contributed by atoms with Gasteiger partial charge in [0.05, 0.1) is 12.8 Å². The minimum absolute atomic E-state index is 0.197. The van der Waals surface area contributed by atoms with Gasteiger partial charge in [-0.3, -0.25) is 4.57 Å². The van der Waals surface area contributed by atoms with Crippen LogP contribution in [0.3, 0.4) is 0 Å². The van der Waals surface area contributed by atoms with Crippen LogP contribution in [0.2, 0.25) is 0 Å². The zero-order valence-corrected chi connectivity index (χ0v) is 15.2. The van der Waals surface area contributed by atoms with Crippen LogP contribution in [0, 0.1) is 5.82 Å². The minimum atomic E-state index is -0.197. The second-order valence-electron chi connectivity index (χ2n) is 5.93. The summed E-state index contributed by atoms with van der Waals surface area (Å²) in [5, 5.41) is 9.74. The van der Waals surface area contributed by atoms with Crippen molar-refractivity contribution < 1.29 is 8.81 Å². The maximum atomic E-state index is 12.9. The van der Waals surface area contributed by atoms with Gasteiger partial charge in [-0.1, -0.05) is 11.8 Å². The highest BCUT2D eigenvalue weighted by atomic mass is 32.2. The van der Waals surface area contributed by atoms with Crippen molar-refractivity contribution in [2.24, 2.45) is 0 Å². The van der Waals surface area contributed by atoms with Crippen LogP contribution in [0.15, 0.2) is 57.1 Å². The van der Waals surface area contributed by atoms with Crippen molar-refractivity contribution in [3.8, 4) is 0 Å². The van der Waals surface area contributed by atoms with E-state index in [1.807, 2.05) is 24.3 Å². The van der Waals surface area contributed by atoms with Crippen molar-refractivity contribution in [2.45, 2.75) is 35.4 Å². The molecule has 2 heterocycles. The summed E-state index contributed by atoms with van der Waals surface area (Å²) in [6.45, 7) is 0.680. The van der Waals surface area contributed by atoms with Gasteiger partial charge in [-0.05, 0) is 49.2 Å². The van der Waals surface area contributed by atoms with Gasteiger partial charge >= 0.3 is 0 Å². The summed E-state index contributed by atoms with van der Waals surface area (Å²) in [4.78, 5) is 1.08.